The van der Waals surface area contributed by atoms with Crippen LogP contribution in [0.4, 0.5) is 0 Å². The number of phenols is 1. The Balaban J connectivity index is 1.39. The van der Waals surface area contributed by atoms with Gasteiger partial charge in [-0.1, -0.05) is 18.2 Å². The molecule has 0 radical (unpaired) electrons. The van der Waals surface area contributed by atoms with Crippen LogP contribution in [0.25, 0.3) is 0 Å². The fourth-order valence-corrected chi connectivity index (χ4v) is 6.60. The van der Waals surface area contributed by atoms with Gasteiger partial charge in [0.25, 0.3) is 0 Å². The summed E-state index contributed by atoms with van der Waals surface area (Å²) in [6.45, 7) is 0.873. The van der Waals surface area contributed by atoms with Crippen LogP contribution in [0.3, 0.4) is 0 Å². The second kappa shape index (κ2) is 6.91. The summed E-state index contributed by atoms with van der Waals surface area (Å²) in [4.78, 5) is 13.8. The summed E-state index contributed by atoms with van der Waals surface area (Å²) in [5.41, 5.74) is 1.82. The van der Waals surface area contributed by atoms with Crippen molar-refractivity contribution in [3.8, 4) is 11.5 Å². The van der Waals surface area contributed by atoms with Gasteiger partial charge < -0.3 is 39.5 Å². The van der Waals surface area contributed by atoms with Crippen LogP contribution in [0.15, 0.2) is 24.3 Å². The van der Waals surface area contributed by atoms with Gasteiger partial charge in [-0.15, -0.1) is 0 Å². The SMILES string of the molecule is CN1CC[C@]23c4c5ccc(O)c4O[C@H]2[C@@H](O[C@@H]2O[C@@H](C(=O)O)C[C@H](O)[C@H]2O)C=C[C@H]3[C@H]1C5. The smallest absolute Gasteiger partial charge is 0.333 e. The lowest BCUT2D eigenvalue weighted by molar-refractivity contribution is -0.283. The van der Waals surface area contributed by atoms with Crippen LogP contribution in [-0.4, -0.2) is 87.7 Å². The number of likely N-dealkylation sites (N-methyl/N-ethyl adjacent to an activating group) is 1. The molecule has 9 heteroatoms. The number of carboxylic acid groups (broad SMARTS) is 1. The number of benzene rings is 1. The Labute approximate surface area is 184 Å². The maximum absolute atomic E-state index is 11.4. The second-order valence-corrected chi connectivity index (χ2v) is 9.67. The van der Waals surface area contributed by atoms with Crippen LogP contribution in [0.5, 0.6) is 11.5 Å². The fourth-order valence-electron chi connectivity index (χ4n) is 6.60. The minimum atomic E-state index is -1.38. The number of aliphatic carboxylic acids is 1. The Kier molecular flexibility index (Phi) is 4.42. The molecule has 3 heterocycles. The molecule has 1 aromatic carbocycles. The Morgan fingerprint density at radius 1 is 1.28 bits per heavy atom. The maximum atomic E-state index is 11.4. The van der Waals surface area contributed by atoms with E-state index in [0.717, 1.165) is 30.5 Å². The number of hydrogen-bond acceptors (Lipinski definition) is 8. The molecule has 5 aliphatic rings. The van der Waals surface area contributed by atoms with Crippen LogP contribution in [0.1, 0.15) is 24.0 Å². The summed E-state index contributed by atoms with van der Waals surface area (Å²) in [5.74, 6) is -0.452. The van der Waals surface area contributed by atoms with E-state index in [0.29, 0.717) is 11.8 Å². The molecular formula is C23H27NO8. The summed E-state index contributed by atoms with van der Waals surface area (Å²) in [7, 11) is 2.13. The van der Waals surface area contributed by atoms with Crippen molar-refractivity contribution in [1.82, 2.24) is 4.90 Å². The first-order valence-electron chi connectivity index (χ1n) is 11.1. The van der Waals surface area contributed by atoms with Crippen molar-refractivity contribution in [3.05, 3.63) is 35.4 Å². The Hall–Kier alpha value is -2.17. The zero-order chi connectivity index (χ0) is 22.4. The summed E-state index contributed by atoms with van der Waals surface area (Å²) < 4.78 is 18.0. The van der Waals surface area contributed by atoms with Gasteiger partial charge >= 0.3 is 5.97 Å². The minimum Gasteiger partial charge on any atom is -0.504 e. The fraction of sp³-hybridized carbons (Fsp3) is 0.609. The summed E-state index contributed by atoms with van der Waals surface area (Å²) in [6.07, 6.45) is -0.836. The average Bonchev–Trinajstić information content (AvgIpc) is 3.12. The Morgan fingerprint density at radius 3 is 2.88 bits per heavy atom. The van der Waals surface area contributed by atoms with Crippen LogP contribution in [0.2, 0.25) is 0 Å². The normalized spacial score (nSPS) is 44.1. The molecule has 2 fully saturated rings. The van der Waals surface area contributed by atoms with Crippen LogP contribution in [0, 0.1) is 5.92 Å². The number of carboxylic acids is 1. The van der Waals surface area contributed by atoms with Gasteiger partial charge in [-0.05, 0) is 38.1 Å². The minimum absolute atomic E-state index is 0.0951. The Morgan fingerprint density at radius 2 is 2.09 bits per heavy atom. The van der Waals surface area contributed by atoms with Gasteiger partial charge in [0.1, 0.15) is 18.3 Å². The predicted octanol–water partition coefficient (Wildman–Crippen LogP) is 0.144. The zero-order valence-electron chi connectivity index (χ0n) is 17.6. The highest BCUT2D eigenvalue weighted by Crippen LogP contribution is 2.62. The van der Waals surface area contributed by atoms with Gasteiger partial charge in [0.2, 0.25) is 0 Å². The summed E-state index contributed by atoms with van der Waals surface area (Å²) in [5, 5.41) is 40.5. The van der Waals surface area contributed by atoms with Crippen molar-refractivity contribution in [2.75, 3.05) is 13.6 Å². The van der Waals surface area contributed by atoms with Crippen molar-refractivity contribution in [2.24, 2.45) is 5.92 Å². The number of phenolic OH excluding ortho intramolecular Hbond substituents is 1. The molecule has 32 heavy (non-hydrogen) atoms. The first-order chi connectivity index (χ1) is 15.3. The molecule has 3 aliphatic heterocycles. The number of rotatable bonds is 3. The van der Waals surface area contributed by atoms with Crippen molar-refractivity contribution >= 4 is 5.97 Å². The van der Waals surface area contributed by atoms with Crippen molar-refractivity contribution in [3.63, 3.8) is 0 Å². The molecule has 2 saturated heterocycles. The lowest BCUT2D eigenvalue weighted by atomic mass is 9.53. The third-order valence-corrected chi connectivity index (χ3v) is 8.12. The highest BCUT2D eigenvalue weighted by molar-refractivity contribution is 5.72. The number of hydrogen-bond donors (Lipinski definition) is 4. The summed E-state index contributed by atoms with van der Waals surface area (Å²) in [6, 6.07) is 3.94. The highest BCUT2D eigenvalue weighted by Gasteiger charge is 2.65. The Bertz CT molecular complexity index is 996. The molecule has 172 valence electrons. The molecule has 1 aromatic rings. The quantitative estimate of drug-likeness (QED) is 0.480. The molecule has 0 unspecified atom stereocenters. The van der Waals surface area contributed by atoms with Crippen LogP contribution < -0.4 is 4.74 Å². The largest absolute Gasteiger partial charge is 0.504 e. The van der Waals surface area contributed by atoms with E-state index in [2.05, 4.69) is 18.0 Å². The second-order valence-electron chi connectivity index (χ2n) is 9.67. The number of likely N-dealkylation sites (tertiary alicyclic amines) is 1. The van der Waals surface area contributed by atoms with Gasteiger partial charge in [-0.25, -0.2) is 4.79 Å². The first-order valence-corrected chi connectivity index (χ1v) is 11.1. The van der Waals surface area contributed by atoms with Gasteiger partial charge in [0, 0.05) is 29.4 Å². The third-order valence-electron chi connectivity index (χ3n) is 8.12. The molecule has 2 aliphatic carbocycles. The number of carbonyl (C=O) groups is 1. The topological polar surface area (TPSA) is 129 Å². The number of aliphatic hydroxyl groups is 2. The molecular weight excluding hydrogens is 418 g/mol. The number of aliphatic hydroxyl groups excluding tert-OH is 2. The molecule has 9 nitrogen and oxygen atoms in total. The molecule has 0 saturated carbocycles. The van der Waals surface area contributed by atoms with Gasteiger partial charge in [0.15, 0.2) is 23.9 Å². The van der Waals surface area contributed by atoms with E-state index in [9.17, 15) is 25.2 Å². The maximum Gasteiger partial charge on any atom is 0.333 e. The van der Waals surface area contributed by atoms with E-state index in [1.165, 1.54) is 0 Å². The molecule has 2 bridgehead atoms. The van der Waals surface area contributed by atoms with E-state index in [1.54, 1.807) is 6.07 Å². The zero-order valence-corrected chi connectivity index (χ0v) is 17.6. The third kappa shape index (κ3) is 2.60. The molecule has 1 spiro atoms. The van der Waals surface area contributed by atoms with E-state index in [-0.39, 0.29) is 23.5 Å². The van der Waals surface area contributed by atoms with Crippen LogP contribution >= 0.6 is 0 Å². The lowest BCUT2D eigenvalue weighted by Gasteiger charge is -2.57. The van der Waals surface area contributed by atoms with Gasteiger partial charge in [-0.3, -0.25) is 0 Å². The molecule has 0 aromatic heterocycles. The summed E-state index contributed by atoms with van der Waals surface area (Å²) >= 11 is 0. The number of nitrogens with zero attached hydrogens (tertiary/aromatic N) is 1. The molecule has 0 amide bonds. The van der Waals surface area contributed by atoms with Crippen molar-refractivity contribution in [1.29, 1.82) is 0 Å². The van der Waals surface area contributed by atoms with E-state index >= 15 is 0 Å². The highest BCUT2D eigenvalue weighted by atomic mass is 16.7. The van der Waals surface area contributed by atoms with E-state index < -0.39 is 42.8 Å². The first kappa shape index (κ1) is 20.4. The van der Waals surface area contributed by atoms with Gasteiger partial charge in [0.05, 0.1) is 6.10 Å². The average molecular weight is 445 g/mol. The predicted molar refractivity (Wildman–Crippen MR) is 109 cm³/mol. The van der Waals surface area contributed by atoms with Crippen LogP contribution in [-0.2, 0) is 26.1 Å². The molecule has 9 atom stereocenters. The molecule has 6 rings (SSSR count). The van der Waals surface area contributed by atoms with E-state index in [4.69, 9.17) is 14.2 Å². The van der Waals surface area contributed by atoms with E-state index in [1.807, 2.05) is 12.1 Å². The lowest BCUT2D eigenvalue weighted by Crippen LogP contribution is -2.65. The number of ether oxygens (including phenoxy) is 3. The van der Waals surface area contributed by atoms with Gasteiger partial charge in [-0.2, -0.15) is 0 Å². The number of piperidine rings is 1. The standard InChI is InChI=1S/C23H27NO8/c1-24-7-6-23-11-3-5-15(30-22-18(27)14(26)9-16(31-22)21(28)29)20(23)32-19-13(25)4-2-10(17(19)23)8-12(11)24/h2-5,11-12,14-16,18,20,22,25-27H,6-9H2,1H3,(H,28,29)/t11-,12+,14-,15-,16+,18+,20-,22+,23-/m0/s1. The molecule has 4 N–H and O–H groups in total. The number of aromatic hydroxyl groups is 1. The monoisotopic (exact) mass is 445 g/mol. The van der Waals surface area contributed by atoms with Crippen molar-refractivity contribution < 1.29 is 39.4 Å². The van der Waals surface area contributed by atoms with Crippen molar-refractivity contribution in [2.45, 2.75) is 67.5 Å².